The largest absolute Gasteiger partial charge is 0.564 e. The average molecular weight is 198 g/mol. The van der Waals surface area contributed by atoms with Crippen LogP contribution in [0.3, 0.4) is 0 Å². The first-order chi connectivity index (χ1) is 5.06. The summed E-state index contributed by atoms with van der Waals surface area (Å²) in [7, 11) is 2.74. The van der Waals surface area contributed by atoms with Crippen molar-refractivity contribution in [1.82, 2.24) is 0 Å². The minimum Gasteiger partial charge on any atom is -0.564 e. The number of hydrogen-bond acceptors (Lipinski definition) is 3. The van der Waals surface area contributed by atoms with Gasteiger partial charge in [-0.2, -0.15) is 0 Å². The molecule has 76 valence electrons. The van der Waals surface area contributed by atoms with Crippen LogP contribution in [0.15, 0.2) is 0 Å². The van der Waals surface area contributed by atoms with Crippen LogP contribution in [0.25, 0.3) is 5.14 Å². The van der Waals surface area contributed by atoms with E-state index in [9.17, 15) is 8.42 Å². The van der Waals surface area contributed by atoms with Crippen molar-refractivity contribution in [3.05, 3.63) is 5.14 Å². The molecule has 0 saturated heterocycles. The molecule has 5 nitrogen and oxygen atoms in total. The lowest BCUT2D eigenvalue weighted by Gasteiger charge is -2.21. The predicted molar refractivity (Wildman–Crippen MR) is 49.2 cm³/mol. The quantitative estimate of drug-likeness (QED) is 0.618. The summed E-state index contributed by atoms with van der Waals surface area (Å²) in [6.07, 6.45) is 0.826. The normalized spacial score (nSPS) is 11.8. The van der Waals surface area contributed by atoms with Gasteiger partial charge in [-0.1, -0.05) is 0 Å². The second kappa shape index (κ2) is 5.47. The van der Waals surface area contributed by atoms with E-state index in [0.29, 0.717) is 0 Å². The molecule has 0 aromatic carbocycles. The molecule has 0 amide bonds. The third-order valence-electron chi connectivity index (χ3n) is 0.771. The molecule has 0 aliphatic carbocycles. The molecule has 0 saturated carbocycles. The molecule has 0 spiro atoms. The molecular formula is C6H18N2O3S. The van der Waals surface area contributed by atoms with Gasteiger partial charge in [0.15, 0.2) is 0 Å². The average Bonchev–Trinajstić information content (AvgIpc) is 1.54. The number of hydrogen-bond donors (Lipinski definition) is 1. The third-order valence-corrected chi connectivity index (χ3v) is 0.771. The van der Waals surface area contributed by atoms with E-state index < -0.39 is 10.0 Å². The lowest BCUT2D eigenvalue weighted by molar-refractivity contribution is -0.870. The van der Waals surface area contributed by atoms with Crippen LogP contribution in [0.1, 0.15) is 0 Å². The number of rotatable bonds is 2. The number of aliphatic hydroxyl groups is 1. The Bertz CT molecular complexity index is 185. The zero-order valence-electron chi connectivity index (χ0n) is 8.03. The molecule has 0 unspecified atom stereocenters. The summed E-state index contributed by atoms with van der Waals surface area (Å²) in [5.74, 6) is 0. The Kier molecular flexibility index (Phi) is 6.55. The first-order valence-corrected chi connectivity index (χ1v) is 5.31. The van der Waals surface area contributed by atoms with Crippen LogP contribution in [-0.2, 0) is 10.0 Å². The molecule has 0 aliphatic rings. The molecule has 0 aromatic heterocycles. The van der Waals surface area contributed by atoms with Gasteiger partial charge in [-0.15, -0.1) is 0 Å². The van der Waals surface area contributed by atoms with Crippen molar-refractivity contribution in [3.8, 4) is 0 Å². The summed E-state index contributed by atoms with van der Waals surface area (Å²) in [4.78, 5) is 0. The van der Waals surface area contributed by atoms with Crippen molar-refractivity contribution in [2.75, 3.05) is 40.6 Å². The van der Waals surface area contributed by atoms with E-state index in [4.69, 9.17) is 10.2 Å². The first kappa shape index (κ1) is 14.4. The fourth-order valence-electron chi connectivity index (χ4n) is 0.300. The topological polar surface area (TPSA) is 78.2 Å². The highest BCUT2D eigenvalue weighted by molar-refractivity contribution is 7.92. The van der Waals surface area contributed by atoms with Gasteiger partial charge in [0, 0.05) is 6.26 Å². The van der Waals surface area contributed by atoms with E-state index in [1.165, 1.54) is 0 Å². The van der Waals surface area contributed by atoms with Crippen LogP contribution in [0.4, 0.5) is 0 Å². The Labute approximate surface area is 74.4 Å². The van der Waals surface area contributed by atoms with Crippen molar-refractivity contribution in [2.45, 2.75) is 0 Å². The third kappa shape index (κ3) is 52.2. The van der Waals surface area contributed by atoms with Crippen LogP contribution in [0.2, 0.25) is 0 Å². The van der Waals surface area contributed by atoms with Crippen molar-refractivity contribution < 1.29 is 18.0 Å². The summed E-state index contributed by atoms with van der Waals surface area (Å²) in [5.41, 5.74) is 0. The minimum absolute atomic E-state index is 0.281. The molecule has 0 aliphatic heterocycles. The SMILES string of the molecule is CS([NH-])(=O)=O.C[N+](C)(C)CCO. The fraction of sp³-hybridized carbons (Fsp3) is 1.00. The monoisotopic (exact) mass is 198 g/mol. The number of quaternary nitrogens is 1. The zero-order valence-corrected chi connectivity index (χ0v) is 8.85. The smallest absolute Gasteiger partial charge is 0.101 e. The first-order valence-electron chi connectivity index (χ1n) is 3.42. The number of nitrogens with one attached hydrogen (secondary N) is 1. The van der Waals surface area contributed by atoms with E-state index in [0.717, 1.165) is 17.3 Å². The van der Waals surface area contributed by atoms with Gasteiger partial charge in [0.2, 0.25) is 0 Å². The molecule has 0 aromatic rings. The Morgan fingerprint density at radius 2 is 1.58 bits per heavy atom. The standard InChI is InChI=1S/C5H14NO.CH4NO2S/c1-6(2,3)4-5-7;1-5(2,3)4/h7H,4-5H2,1-3H3;1H3,(H-,2,3,4)/q+1;-1. The summed E-state index contributed by atoms with van der Waals surface area (Å²) < 4.78 is 19.4. The second-order valence-electron chi connectivity index (χ2n) is 3.51. The molecule has 0 heterocycles. The molecule has 0 radical (unpaired) electrons. The predicted octanol–water partition coefficient (Wildman–Crippen LogP) is -0.317. The van der Waals surface area contributed by atoms with Crippen molar-refractivity contribution >= 4 is 10.0 Å². The molecule has 2 N–H and O–H groups in total. The summed E-state index contributed by atoms with van der Waals surface area (Å²) in [6.45, 7) is 1.11. The maximum absolute atomic E-state index is 9.30. The van der Waals surface area contributed by atoms with Crippen LogP contribution >= 0.6 is 0 Å². The van der Waals surface area contributed by atoms with E-state index in [1.807, 2.05) is 0 Å². The molecule has 0 rings (SSSR count). The second-order valence-corrected chi connectivity index (χ2v) is 5.05. The Hall–Kier alpha value is -0.170. The van der Waals surface area contributed by atoms with Gasteiger partial charge in [-0.05, 0) is 0 Å². The summed E-state index contributed by atoms with van der Waals surface area (Å²) >= 11 is 0. The van der Waals surface area contributed by atoms with Crippen molar-refractivity contribution in [3.63, 3.8) is 0 Å². The Morgan fingerprint density at radius 3 is 1.58 bits per heavy atom. The summed E-state index contributed by atoms with van der Waals surface area (Å²) in [6, 6.07) is 0. The van der Waals surface area contributed by atoms with Gasteiger partial charge < -0.3 is 14.7 Å². The molecule has 12 heavy (non-hydrogen) atoms. The zero-order chi connectivity index (χ0) is 10.4. The Balaban J connectivity index is 0. The van der Waals surface area contributed by atoms with Gasteiger partial charge in [0.1, 0.15) is 6.54 Å². The van der Waals surface area contributed by atoms with Crippen molar-refractivity contribution in [2.24, 2.45) is 0 Å². The number of nitrogens with zero attached hydrogens (tertiary/aromatic N) is 1. The Morgan fingerprint density at radius 1 is 1.33 bits per heavy atom. The summed E-state index contributed by atoms with van der Waals surface area (Å²) in [5, 5.41) is 14.3. The maximum atomic E-state index is 9.30. The number of sulfonamides is 1. The fourth-order valence-corrected chi connectivity index (χ4v) is 0.300. The van der Waals surface area contributed by atoms with Gasteiger partial charge in [-0.25, -0.2) is 8.42 Å². The van der Waals surface area contributed by atoms with Gasteiger partial charge >= 0.3 is 0 Å². The van der Waals surface area contributed by atoms with Gasteiger partial charge in [-0.3, -0.25) is 0 Å². The lowest BCUT2D eigenvalue weighted by atomic mass is 10.5. The van der Waals surface area contributed by atoms with E-state index >= 15 is 0 Å². The highest BCUT2D eigenvalue weighted by Gasteiger charge is 2.02. The van der Waals surface area contributed by atoms with E-state index in [-0.39, 0.29) is 6.61 Å². The van der Waals surface area contributed by atoms with Gasteiger partial charge in [0.05, 0.1) is 37.8 Å². The molecule has 0 atom stereocenters. The van der Waals surface area contributed by atoms with Crippen LogP contribution in [0, 0.1) is 0 Å². The van der Waals surface area contributed by atoms with Crippen LogP contribution < -0.4 is 0 Å². The van der Waals surface area contributed by atoms with E-state index in [2.05, 4.69) is 21.1 Å². The highest BCUT2D eigenvalue weighted by atomic mass is 32.2. The number of likely N-dealkylation sites (N-methyl/N-ethyl adjacent to an activating group) is 1. The van der Waals surface area contributed by atoms with Crippen molar-refractivity contribution in [1.29, 1.82) is 0 Å². The maximum Gasteiger partial charge on any atom is 0.101 e. The van der Waals surface area contributed by atoms with Crippen LogP contribution in [0.5, 0.6) is 0 Å². The lowest BCUT2D eigenvalue weighted by Crippen LogP contribution is -2.36. The molecule has 0 bridgehead atoms. The van der Waals surface area contributed by atoms with E-state index in [1.54, 1.807) is 0 Å². The van der Waals surface area contributed by atoms with Crippen LogP contribution in [-0.4, -0.2) is 58.6 Å². The number of aliphatic hydroxyl groups excluding tert-OH is 1. The van der Waals surface area contributed by atoms with Gasteiger partial charge in [0.25, 0.3) is 0 Å². The molecule has 0 fully saturated rings. The highest BCUT2D eigenvalue weighted by Crippen LogP contribution is 1.84. The molecular weight excluding hydrogens is 180 g/mol. The minimum atomic E-state index is -3.42. The molecule has 6 heteroatoms.